The van der Waals surface area contributed by atoms with E-state index in [1.165, 1.54) is 0 Å². The fourth-order valence-electron chi connectivity index (χ4n) is 1.83. The van der Waals surface area contributed by atoms with Gasteiger partial charge in [0, 0.05) is 29.0 Å². The maximum atomic E-state index is 9.69. The summed E-state index contributed by atoms with van der Waals surface area (Å²) in [5.74, 6) is 0.731. The number of imidazole rings is 1. The van der Waals surface area contributed by atoms with Crippen LogP contribution in [0, 0.1) is 0 Å². The van der Waals surface area contributed by atoms with Crippen LogP contribution in [0.15, 0.2) is 41.4 Å². The zero-order valence-electron chi connectivity index (χ0n) is 10.8. The second-order valence-corrected chi connectivity index (χ2v) is 5.28. The van der Waals surface area contributed by atoms with Crippen LogP contribution in [0.2, 0.25) is 0 Å². The highest BCUT2D eigenvalue weighted by molar-refractivity contribution is 9.10. The quantitative estimate of drug-likeness (QED) is 0.830. The highest BCUT2D eigenvalue weighted by Gasteiger charge is 2.09. The van der Waals surface area contributed by atoms with Gasteiger partial charge in [0.2, 0.25) is 0 Å². The van der Waals surface area contributed by atoms with Crippen LogP contribution in [0.5, 0.6) is 5.75 Å². The smallest absolute Gasteiger partial charge is 0.126 e. The minimum atomic E-state index is -0.531. The van der Waals surface area contributed by atoms with E-state index < -0.39 is 6.10 Å². The second kappa shape index (κ2) is 6.73. The first kappa shape index (κ1) is 14.1. The van der Waals surface area contributed by atoms with Crippen molar-refractivity contribution >= 4 is 15.9 Å². The average molecular weight is 325 g/mol. The lowest BCUT2D eigenvalue weighted by Gasteiger charge is -2.14. The van der Waals surface area contributed by atoms with Crippen LogP contribution in [-0.2, 0) is 6.54 Å². The molecule has 0 fully saturated rings. The molecule has 0 amide bonds. The molecule has 0 saturated carbocycles. The van der Waals surface area contributed by atoms with E-state index >= 15 is 0 Å². The molecule has 0 bridgehead atoms. The van der Waals surface area contributed by atoms with Gasteiger partial charge in [-0.05, 0) is 25.5 Å². The third kappa shape index (κ3) is 4.08. The lowest BCUT2D eigenvalue weighted by atomic mass is 10.1. The van der Waals surface area contributed by atoms with Gasteiger partial charge < -0.3 is 14.4 Å². The Morgan fingerprint density at radius 2 is 2.32 bits per heavy atom. The minimum Gasteiger partial charge on any atom is -0.493 e. The first-order valence-electron chi connectivity index (χ1n) is 6.23. The number of benzene rings is 1. The molecule has 0 aliphatic rings. The number of hydrogen-bond donors (Lipinski definition) is 1. The molecule has 1 heterocycles. The molecule has 0 aliphatic heterocycles. The van der Waals surface area contributed by atoms with Crippen molar-refractivity contribution in [3.63, 3.8) is 0 Å². The van der Waals surface area contributed by atoms with Gasteiger partial charge in [-0.15, -0.1) is 0 Å². The molecular weight excluding hydrogens is 308 g/mol. The van der Waals surface area contributed by atoms with Crippen molar-refractivity contribution < 1.29 is 9.84 Å². The molecule has 4 nitrogen and oxygen atoms in total. The molecule has 1 aromatic heterocycles. The average Bonchev–Trinajstić information content (AvgIpc) is 2.87. The molecule has 19 heavy (non-hydrogen) atoms. The molecule has 1 atom stereocenters. The van der Waals surface area contributed by atoms with E-state index in [0.717, 1.165) is 28.8 Å². The van der Waals surface area contributed by atoms with Crippen molar-refractivity contribution in [2.24, 2.45) is 0 Å². The Hall–Kier alpha value is -1.33. The van der Waals surface area contributed by atoms with Crippen molar-refractivity contribution in [2.45, 2.75) is 26.0 Å². The van der Waals surface area contributed by atoms with Gasteiger partial charge in [-0.25, -0.2) is 4.98 Å². The van der Waals surface area contributed by atoms with Crippen LogP contribution >= 0.6 is 15.9 Å². The van der Waals surface area contributed by atoms with E-state index in [4.69, 9.17) is 4.74 Å². The van der Waals surface area contributed by atoms with Crippen molar-refractivity contribution in [3.05, 3.63) is 47.0 Å². The number of aryl methyl sites for hydroxylation is 1. The summed E-state index contributed by atoms with van der Waals surface area (Å²) in [7, 11) is 0. The summed E-state index contributed by atoms with van der Waals surface area (Å²) < 4.78 is 8.71. The fraction of sp³-hybridized carbons (Fsp3) is 0.357. The minimum absolute atomic E-state index is 0.531. The van der Waals surface area contributed by atoms with Gasteiger partial charge in [-0.1, -0.05) is 22.0 Å². The molecular formula is C14H17BrN2O2. The van der Waals surface area contributed by atoms with E-state index in [1.807, 2.05) is 29.0 Å². The normalized spacial score (nSPS) is 12.4. The monoisotopic (exact) mass is 324 g/mol. The van der Waals surface area contributed by atoms with Crippen molar-refractivity contribution in [3.8, 4) is 5.75 Å². The Morgan fingerprint density at radius 1 is 1.47 bits per heavy atom. The van der Waals surface area contributed by atoms with Crippen LogP contribution in [0.4, 0.5) is 0 Å². The molecule has 0 aliphatic carbocycles. The van der Waals surface area contributed by atoms with Crippen molar-refractivity contribution in [2.75, 3.05) is 6.61 Å². The van der Waals surface area contributed by atoms with Gasteiger partial charge in [0.15, 0.2) is 0 Å². The number of aliphatic hydroxyl groups excluding tert-OH is 1. The number of aliphatic hydroxyl groups is 1. The van der Waals surface area contributed by atoms with Gasteiger partial charge in [0.05, 0.1) is 19.0 Å². The van der Waals surface area contributed by atoms with E-state index in [-0.39, 0.29) is 0 Å². The Balaban J connectivity index is 1.89. The third-order valence-corrected chi connectivity index (χ3v) is 3.30. The first-order chi connectivity index (χ1) is 9.16. The molecule has 0 radical (unpaired) electrons. The fourth-order valence-corrected chi connectivity index (χ4v) is 2.17. The predicted molar refractivity (Wildman–Crippen MR) is 77.1 cm³/mol. The van der Waals surface area contributed by atoms with Crippen molar-refractivity contribution in [1.82, 2.24) is 9.55 Å². The van der Waals surface area contributed by atoms with E-state index in [9.17, 15) is 5.11 Å². The summed E-state index contributed by atoms with van der Waals surface area (Å²) >= 11 is 3.41. The maximum absolute atomic E-state index is 9.69. The Morgan fingerprint density at radius 3 is 3.00 bits per heavy atom. The number of aromatic nitrogens is 2. The molecule has 102 valence electrons. The number of hydrogen-bond acceptors (Lipinski definition) is 3. The zero-order chi connectivity index (χ0) is 13.7. The van der Waals surface area contributed by atoms with Crippen LogP contribution < -0.4 is 4.74 Å². The molecule has 1 unspecified atom stereocenters. The number of rotatable bonds is 6. The SMILES string of the molecule is CC(O)c1ccc(Br)cc1OCCCn1ccnc1. The zero-order valence-corrected chi connectivity index (χ0v) is 12.4. The summed E-state index contributed by atoms with van der Waals surface area (Å²) in [6, 6.07) is 5.67. The molecule has 0 spiro atoms. The highest BCUT2D eigenvalue weighted by atomic mass is 79.9. The van der Waals surface area contributed by atoms with Gasteiger partial charge in [0.25, 0.3) is 0 Å². The molecule has 0 saturated heterocycles. The van der Waals surface area contributed by atoms with E-state index in [0.29, 0.717) is 6.61 Å². The first-order valence-corrected chi connectivity index (χ1v) is 7.02. The van der Waals surface area contributed by atoms with Crippen LogP contribution in [0.1, 0.15) is 25.0 Å². The van der Waals surface area contributed by atoms with E-state index in [1.54, 1.807) is 19.4 Å². The number of halogens is 1. The lowest BCUT2D eigenvalue weighted by Crippen LogP contribution is -2.05. The summed E-state index contributed by atoms with van der Waals surface area (Å²) in [5, 5.41) is 9.69. The number of ether oxygens (including phenoxy) is 1. The second-order valence-electron chi connectivity index (χ2n) is 4.36. The van der Waals surface area contributed by atoms with Gasteiger partial charge >= 0.3 is 0 Å². The standard InChI is InChI=1S/C14H17BrN2O2/c1-11(18)13-4-3-12(15)9-14(13)19-8-2-6-17-7-5-16-10-17/h3-5,7,9-11,18H,2,6,8H2,1H3. The summed E-state index contributed by atoms with van der Waals surface area (Å²) in [6.45, 7) is 3.22. The summed E-state index contributed by atoms with van der Waals surface area (Å²) in [6.07, 6.45) is 5.85. The van der Waals surface area contributed by atoms with Gasteiger partial charge in [-0.2, -0.15) is 0 Å². The van der Waals surface area contributed by atoms with E-state index in [2.05, 4.69) is 20.9 Å². The topological polar surface area (TPSA) is 47.3 Å². The van der Waals surface area contributed by atoms with Crippen LogP contribution in [-0.4, -0.2) is 21.3 Å². The van der Waals surface area contributed by atoms with Gasteiger partial charge in [0.1, 0.15) is 5.75 Å². The third-order valence-electron chi connectivity index (χ3n) is 2.80. The van der Waals surface area contributed by atoms with Crippen LogP contribution in [0.3, 0.4) is 0 Å². The molecule has 5 heteroatoms. The molecule has 1 aromatic carbocycles. The predicted octanol–water partition coefficient (Wildman–Crippen LogP) is 3.17. The molecule has 2 rings (SSSR count). The van der Waals surface area contributed by atoms with Gasteiger partial charge in [-0.3, -0.25) is 0 Å². The largest absolute Gasteiger partial charge is 0.493 e. The van der Waals surface area contributed by atoms with Crippen molar-refractivity contribution in [1.29, 1.82) is 0 Å². The highest BCUT2D eigenvalue weighted by Crippen LogP contribution is 2.28. The number of nitrogens with zero attached hydrogens (tertiary/aromatic N) is 2. The Kier molecular flexibility index (Phi) is 4.99. The lowest BCUT2D eigenvalue weighted by molar-refractivity contribution is 0.190. The summed E-state index contributed by atoms with van der Waals surface area (Å²) in [4.78, 5) is 3.99. The maximum Gasteiger partial charge on any atom is 0.126 e. The molecule has 2 aromatic rings. The summed E-state index contributed by atoms with van der Waals surface area (Å²) in [5.41, 5.74) is 0.811. The molecule has 1 N–H and O–H groups in total. The Bertz CT molecular complexity index is 512. The van der Waals surface area contributed by atoms with Crippen LogP contribution in [0.25, 0.3) is 0 Å². The Labute approximate surface area is 121 Å².